The van der Waals surface area contributed by atoms with E-state index in [0.29, 0.717) is 0 Å². The van der Waals surface area contributed by atoms with Crippen LogP contribution < -0.4 is 0 Å². The molecule has 0 aliphatic heterocycles. The van der Waals surface area contributed by atoms with Gasteiger partial charge in [0.25, 0.3) is 0 Å². The molecule has 4 aromatic rings. The highest BCUT2D eigenvalue weighted by atomic mass is 14.5. The van der Waals surface area contributed by atoms with Crippen molar-refractivity contribution >= 4 is 38.3 Å². The summed E-state index contributed by atoms with van der Waals surface area (Å²) < 4.78 is 0. The minimum absolute atomic E-state index is 0.00864. The molecule has 1 atom stereocenters. The minimum atomic E-state index is -0.0282. The minimum Gasteiger partial charge on any atom is -0.0729 e. The Morgan fingerprint density at radius 3 is 1.35 bits per heavy atom. The highest BCUT2D eigenvalue weighted by Gasteiger charge is 2.45. The summed E-state index contributed by atoms with van der Waals surface area (Å²) in [6, 6.07) is 18.5. The van der Waals surface area contributed by atoms with Crippen LogP contribution in [0.5, 0.6) is 0 Å². The molecular weight excluding hydrogens is 577 g/mol. The number of hydrogen-bond donors (Lipinski definition) is 0. The molecule has 0 fully saturated rings. The predicted octanol–water partition coefficient (Wildman–Crippen LogP) is 13.4. The van der Waals surface area contributed by atoms with E-state index in [9.17, 15) is 0 Å². The average Bonchev–Trinajstić information content (AvgIpc) is 3.07. The van der Waals surface area contributed by atoms with Gasteiger partial charge < -0.3 is 0 Å². The van der Waals surface area contributed by atoms with Crippen molar-refractivity contribution in [1.82, 2.24) is 0 Å². The summed E-state index contributed by atoms with van der Waals surface area (Å²) >= 11 is 0. The van der Waals surface area contributed by atoms with E-state index in [0.717, 1.165) is 6.42 Å². The Labute approximate surface area is 289 Å². The van der Waals surface area contributed by atoms with Gasteiger partial charge in [-0.15, -0.1) is 0 Å². The lowest BCUT2D eigenvalue weighted by atomic mass is 9.63. The first-order chi connectivity index (χ1) is 22.4. The molecule has 0 saturated carbocycles. The zero-order chi connectivity index (χ0) is 34.3. The lowest BCUT2D eigenvalue weighted by molar-refractivity contribution is 0.573. The van der Waals surface area contributed by atoms with Crippen LogP contribution in [0, 0.1) is 0 Å². The summed E-state index contributed by atoms with van der Waals surface area (Å²) in [6.07, 6.45) is 13.5. The van der Waals surface area contributed by atoms with Crippen molar-refractivity contribution in [2.75, 3.05) is 0 Å². The molecule has 4 aromatic carbocycles. The maximum absolute atomic E-state index is 2.55. The third-order valence-electron chi connectivity index (χ3n) is 11.3. The van der Waals surface area contributed by atoms with E-state index in [-0.39, 0.29) is 27.6 Å². The van der Waals surface area contributed by atoms with Crippen molar-refractivity contribution in [2.45, 2.75) is 117 Å². The molecule has 0 spiro atoms. The van der Waals surface area contributed by atoms with E-state index >= 15 is 0 Å². The molecule has 0 heteroatoms. The molecule has 0 radical (unpaired) electrons. The SMILES string of the molecule is CC(C)(C)c1c2c(c(C(C)(C)C)c3ccccc13)C1=CC=C3CC4=C1C2=CC=CC4c1c3c(C(C)(C)C)c2ccccc2c1C(C)(C)C. The second-order valence-electron chi connectivity index (χ2n) is 18.9. The summed E-state index contributed by atoms with van der Waals surface area (Å²) in [7, 11) is 0. The van der Waals surface area contributed by atoms with Gasteiger partial charge in [0.05, 0.1) is 0 Å². The first kappa shape index (κ1) is 31.4. The maximum atomic E-state index is 2.55. The molecule has 8 rings (SSSR count). The standard InChI is InChI=1S/C48H52/c1-45(2,3)41-29-18-13-14-19-30(29)42(46(4,5)6)38-28-22-17-23-33-37-34(25-24-27(36(38)41)26-35(28)37)40-39(33)43(47(7,8)9)31-20-15-16-21-32(31)44(40)48(10,11)12/h13-25,28H,26H2,1-12H3. The molecule has 4 aliphatic carbocycles. The van der Waals surface area contributed by atoms with E-state index in [1.54, 1.807) is 11.1 Å². The van der Waals surface area contributed by atoms with Crippen molar-refractivity contribution in [3.8, 4) is 0 Å². The summed E-state index contributed by atoms with van der Waals surface area (Å²) in [4.78, 5) is 0. The van der Waals surface area contributed by atoms with Gasteiger partial charge in [0.2, 0.25) is 0 Å². The Morgan fingerprint density at radius 2 is 0.896 bits per heavy atom. The largest absolute Gasteiger partial charge is 0.0729 e. The van der Waals surface area contributed by atoms with Crippen LogP contribution in [0.25, 0.3) is 38.3 Å². The number of benzene rings is 4. The van der Waals surface area contributed by atoms with Gasteiger partial charge in [-0.25, -0.2) is 0 Å². The molecule has 244 valence electrons. The Balaban J connectivity index is 1.59. The summed E-state index contributed by atoms with van der Waals surface area (Å²) in [6.45, 7) is 29.0. The number of rotatable bonds is 0. The van der Waals surface area contributed by atoms with E-state index in [1.165, 1.54) is 82.8 Å². The van der Waals surface area contributed by atoms with Gasteiger partial charge in [-0.2, -0.15) is 0 Å². The molecule has 1 unspecified atom stereocenters. The van der Waals surface area contributed by atoms with Gasteiger partial charge in [0.1, 0.15) is 0 Å². The Kier molecular flexibility index (Phi) is 6.43. The van der Waals surface area contributed by atoms with Crippen LogP contribution in [0.1, 0.15) is 140 Å². The summed E-state index contributed by atoms with van der Waals surface area (Å²) in [5.74, 6) is 0.224. The Bertz CT molecular complexity index is 2260. The molecule has 0 saturated heterocycles. The van der Waals surface area contributed by atoms with Crippen LogP contribution in [-0.4, -0.2) is 0 Å². The topological polar surface area (TPSA) is 0 Å². The fourth-order valence-electron chi connectivity index (χ4n) is 9.92. The molecule has 0 N–H and O–H groups in total. The predicted molar refractivity (Wildman–Crippen MR) is 210 cm³/mol. The number of fused-ring (bicyclic) bond motifs is 9. The fourth-order valence-corrected chi connectivity index (χ4v) is 9.92. The molecule has 0 amide bonds. The monoisotopic (exact) mass is 628 g/mol. The van der Waals surface area contributed by atoms with Crippen LogP contribution in [0.4, 0.5) is 0 Å². The van der Waals surface area contributed by atoms with E-state index in [1.807, 2.05) is 0 Å². The lowest BCUT2D eigenvalue weighted by Crippen LogP contribution is -2.26. The van der Waals surface area contributed by atoms with Gasteiger partial charge in [-0.05, 0) is 122 Å². The van der Waals surface area contributed by atoms with Gasteiger partial charge in [0.15, 0.2) is 0 Å². The van der Waals surface area contributed by atoms with Crippen molar-refractivity contribution < 1.29 is 0 Å². The first-order valence-electron chi connectivity index (χ1n) is 18.1. The quantitative estimate of drug-likeness (QED) is 0.182. The fraction of sp³-hybridized carbons (Fsp3) is 0.375. The summed E-state index contributed by atoms with van der Waals surface area (Å²) in [5.41, 5.74) is 19.3. The zero-order valence-electron chi connectivity index (χ0n) is 31.3. The molecule has 48 heavy (non-hydrogen) atoms. The maximum Gasteiger partial charge on any atom is 0.0253 e. The third kappa shape index (κ3) is 4.27. The molecular formula is C48H52. The third-order valence-corrected chi connectivity index (χ3v) is 11.3. The first-order valence-corrected chi connectivity index (χ1v) is 18.1. The van der Waals surface area contributed by atoms with Crippen LogP contribution in [0.3, 0.4) is 0 Å². The molecule has 0 heterocycles. The van der Waals surface area contributed by atoms with Crippen LogP contribution in [-0.2, 0) is 21.7 Å². The number of hydrogen-bond acceptors (Lipinski definition) is 0. The van der Waals surface area contributed by atoms with Gasteiger partial charge in [-0.1, -0.05) is 162 Å². The van der Waals surface area contributed by atoms with Crippen molar-refractivity contribution in [2.24, 2.45) is 0 Å². The van der Waals surface area contributed by atoms with Crippen LogP contribution in [0.15, 0.2) is 90.1 Å². The van der Waals surface area contributed by atoms with E-state index in [2.05, 4.69) is 162 Å². The second kappa shape index (κ2) is 9.84. The van der Waals surface area contributed by atoms with Gasteiger partial charge in [0, 0.05) is 5.92 Å². The molecule has 4 aliphatic rings. The van der Waals surface area contributed by atoms with Crippen LogP contribution in [0.2, 0.25) is 0 Å². The van der Waals surface area contributed by atoms with Gasteiger partial charge in [-0.3, -0.25) is 0 Å². The van der Waals surface area contributed by atoms with Crippen molar-refractivity contribution in [3.05, 3.63) is 135 Å². The van der Waals surface area contributed by atoms with E-state index in [4.69, 9.17) is 0 Å². The highest BCUT2D eigenvalue weighted by molar-refractivity contribution is 6.17. The zero-order valence-corrected chi connectivity index (χ0v) is 31.3. The lowest BCUT2D eigenvalue weighted by Gasteiger charge is -2.40. The van der Waals surface area contributed by atoms with Crippen molar-refractivity contribution in [3.63, 3.8) is 0 Å². The van der Waals surface area contributed by atoms with Crippen LogP contribution >= 0.6 is 0 Å². The molecule has 2 bridgehead atoms. The summed E-state index contributed by atoms with van der Waals surface area (Å²) in [5, 5.41) is 5.65. The Hall–Kier alpha value is -3.90. The Morgan fingerprint density at radius 1 is 0.479 bits per heavy atom. The number of allylic oxidation sites excluding steroid dienone is 10. The van der Waals surface area contributed by atoms with Gasteiger partial charge >= 0.3 is 0 Å². The smallest absolute Gasteiger partial charge is 0.0253 e. The second-order valence-corrected chi connectivity index (χ2v) is 18.9. The molecule has 0 nitrogen and oxygen atoms in total. The normalized spacial score (nSPS) is 18.8. The average molecular weight is 629 g/mol. The van der Waals surface area contributed by atoms with Crippen molar-refractivity contribution in [1.29, 1.82) is 0 Å². The molecule has 0 aromatic heterocycles. The van der Waals surface area contributed by atoms with E-state index < -0.39 is 0 Å². The highest BCUT2D eigenvalue weighted by Crippen LogP contribution is 2.62.